The summed E-state index contributed by atoms with van der Waals surface area (Å²) in [4.78, 5) is 22.7. The molecule has 0 rings (SSSR count). The Morgan fingerprint density at radius 2 is 0.958 bits per heavy atom. The number of hydrogen-bond donors (Lipinski definition) is 0. The van der Waals surface area contributed by atoms with Crippen LogP contribution in [0.25, 0.3) is 0 Å². The van der Waals surface area contributed by atoms with Gasteiger partial charge in [-0.15, -0.1) is 0 Å². The first-order valence-corrected chi connectivity index (χ1v) is 9.44. The maximum Gasteiger partial charge on any atom is 2.00 e. The largest absolute Gasteiger partial charge is 2.00 e. The Hall–Kier alpha value is -0.294. The van der Waals surface area contributed by atoms with Crippen LogP contribution in [0.15, 0.2) is 0 Å². The first kappa shape index (κ1) is 25.9. The molecule has 24 heavy (non-hydrogen) atoms. The zero-order valence-corrected chi connectivity index (χ0v) is 17.2. The average Bonchev–Trinajstić information content (AvgIpc) is 2.51. The number of unbranched alkanes of at least 4 members (excludes halogenated alkanes) is 10. The van der Waals surface area contributed by atoms with E-state index in [1.165, 1.54) is 38.5 Å². The Morgan fingerprint density at radius 3 is 1.33 bits per heavy atom. The standard InChI is InChI=1S/C19H36O4.Mg/c1-3-5-7-8-9-10-11-12-13-14-16-19(17(20)21,18(22)23)15-6-4-2;/h3-16H2,1-2H3,(H,20,21)(H,22,23);/q;+2/p-2. The van der Waals surface area contributed by atoms with Crippen LogP contribution in [0.4, 0.5) is 0 Å². The van der Waals surface area contributed by atoms with Crippen LogP contribution in [0.5, 0.6) is 0 Å². The number of aliphatic carboxylic acids is 2. The van der Waals surface area contributed by atoms with Crippen LogP contribution in [0.1, 0.15) is 104 Å². The molecule has 0 aromatic rings. The summed E-state index contributed by atoms with van der Waals surface area (Å²) in [6.45, 7) is 4.12. The van der Waals surface area contributed by atoms with Crippen LogP contribution in [0, 0.1) is 5.41 Å². The van der Waals surface area contributed by atoms with Crippen LogP contribution in [-0.4, -0.2) is 35.0 Å². The number of carboxylic acid groups (broad SMARTS) is 2. The monoisotopic (exact) mass is 350 g/mol. The molecule has 0 spiro atoms. The fourth-order valence-corrected chi connectivity index (χ4v) is 3.01. The summed E-state index contributed by atoms with van der Waals surface area (Å²) in [5, 5.41) is 22.7. The molecule has 0 aliphatic rings. The van der Waals surface area contributed by atoms with Crippen molar-refractivity contribution in [3.63, 3.8) is 0 Å². The molecule has 0 heterocycles. The molecule has 0 fully saturated rings. The molecule has 4 nitrogen and oxygen atoms in total. The number of carbonyl (C=O) groups excluding carboxylic acids is 2. The van der Waals surface area contributed by atoms with E-state index in [2.05, 4.69) is 6.92 Å². The number of carboxylic acids is 2. The van der Waals surface area contributed by atoms with Crippen LogP contribution in [0.3, 0.4) is 0 Å². The Kier molecular flexibility index (Phi) is 17.5. The second-order valence-electron chi connectivity index (χ2n) is 6.69. The molecule has 0 radical (unpaired) electrons. The van der Waals surface area contributed by atoms with Crippen molar-refractivity contribution in [1.82, 2.24) is 0 Å². The van der Waals surface area contributed by atoms with Gasteiger partial charge >= 0.3 is 23.1 Å². The molecule has 0 atom stereocenters. The Morgan fingerprint density at radius 1 is 0.625 bits per heavy atom. The average molecular weight is 351 g/mol. The van der Waals surface area contributed by atoms with Crippen molar-refractivity contribution in [2.45, 2.75) is 104 Å². The van der Waals surface area contributed by atoms with Gasteiger partial charge < -0.3 is 19.8 Å². The summed E-state index contributed by atoms with van der Waals surface area (Å²) in [7, 11) is 0. The van der Waals surface area contributed by atoms with Gasteiger partial charge in [-0.2, -0.15) is 0 Å². The molecule has 0 aliphatic heterocycles. The van der Waals surface area contributed by atoms with Crippen molar-refractivity contribution in [1.29, 1.82) is 0 Å². The van der Waals surface area contributed by atoms with Crippen molar-refractivity contribution in [2.24, 2.45) is 5.41 Å². The third kappa shape index (κ3) is 10.5. The van der Waals surface area contributed by atoms with Gasteiger partial charge in [0.2, 0.25) is 0 Å². The summed E-state index contributed by atoms with van der Waals surface area (Å²) < 4.78 is 0. The van der Waals surface area contributed by atoms with Gasteiger partial charge in [-0.05, 0) is 12.8 Å². The first-order chi connectivity index (χ1) is 11.0. The van der Waals surface area contributed by atoms with E-state index in [-0.39, 0.29) is 35.9 Å². The molecule has 0 aliphatic carbocycles. The van der Waals surface area contributed by atoms with Gasteiger partial charge in [-0.3, -0.25) is 0 Å². The number of rotatable bonds is 16. The third-order valence-corrected chi connectivity index (χ3v) is 4.70. The molecule has 136 valence electrons. The predicted molar refractivity (Wildman–Crippen MR) is 94.2 cm³/mol. The second-order valence-corrected chi connectivity index (χ2v) is 6.69. The normalized spacial score (nSPS) is 11.1. The zero-order chi connectivity index (χ0) is 17.6. The van der Waals surface area contributed by atoms with E-state index in [4.69, 9.17) is 0 Å². The van der Waals surface area contributed by atoms with Gasteiger partial charge in [-0.1, -0.05) is 90.9 Å². The third-order valence-electron chi connectivity index (χ3n) is 4.70. The van der Waals surface area contributed by atoms with Crippen molar-refractivity contribution in [3.8, 4) is 0 Å². The molecule has 0 aromatic carbocycles. The summed E-state index contributed by atoms with van der Waals surface area (Å²) >= 11 is 0. The molecule has 0 aromatic heterocycles. The second kappa shape index (κ2) is 16.2. The van der Waals surface area contributed by atoms with Crippen molar-refractivity contribution in [2.75, 3.05) is 0 Å². The molecule has 0 N–H and O–H groups in total. The van der Waals surface area contributed by atoms with E-state index in [1.54, 1.807) is 0 Å². The topological polar surface area (TPSA) is 80.3 Å². The maximum atomic E-state index is 11.3. The number of hydrogen-bond acceptors (Lipinski definition) is 4. The molecule has 0 unspecified atom stereocenters. The molecular formula is C19H34MgO4. The summed E-state index contributed by atoms with van der Waals surface area (Å²) in [6.07, 6.45) is 12.9. The van der Waals surface area contributed by atoms with Gasteiger partial charge in [0.05, 0.1) is 11.9 Å². The van der Waals surface area contributed by atoms with Gasteiger partial charge in [0.1, 0.15) is 0 Å². The van der Waals surface area contributed by atoms with Crippen LogP contribution in [0.2, 0.25) is 0 Å². The maximum absolute atomic E-state index is 11.3. The predicted octanol–water partition coefficient (Wildman–Crippen LogP) is 2.59. The molecule has 0 saturated heterocycles. The van der Waals surface area contributed by atoms with Gasteiger partial charge in [0.25, 0.3) is 0 Å². The smallest absolute Gasteiger partial charge is 0.549 e. The van der Waals surface area contributed by atoms with Crippen molar-refractivity contribution >= 4 is 35.0 Å². The van der Waals surface area contributed by atoms with E-state index < -0.39 is 17.4 Å². The van der Waals surface area contributed by atoms with Crippen molar-refractivity contribution in [3.05, 3.63) is 0 Å². The van der Waals surface area contributed by atoms with Gasteiger partial charge in [0, 0.05) is 5.41 Å². The quantitative estimate of drug-likeness (QED) is 0.243. The molecule has 0 saturated carbocycles. The van der Waals surface area contributed by atoms with E-state index in [0.717, 1.165) is 25.7 Å². The number of carbonyl (C=O) groups is 2. The Bertz CT molecular complexity index is 317. The minimum absolute atomic E-state index is 0. The zero-order valence-electron chi connectivity index (χ0n) is 15.7. The molecule has 0 bridgehead atoms. The van der Waals surface area contributed by atoms with E-state index in [0.29, 0.717) is 12.8 Å². The van der Waals surface area contributed by atoms with Gasteiger partial charge in [-0.25, -0.2) is 0 Å². The minimum atomic E-state index is -1.80. The van der Waals surface area contributed by atoms with Crippen LogP contribution >= 0.6 is 0 Å². The summed E-state index contributed by atoms with van der Waals surface area (Å²) in [6, 6.07) is 0. The fourth-order valence-electron chi connectivity index (χ4n) is 3.01. The minimum Gasteiger partial charge on any atom is -0.549 e. The van der Waals surface area contributed by atoms with E-state index >= 15 is 0 Å². The van der Waals surface area contributed by atoms with Crippen LogP contribution in [-0.2, 0) is 9.59 Å². The van der Waals surface area contributed by atoms with E-state index in [9.17, 15) is 19.8 Å². The Balaban J connectivity index is 0. The molecule has 5 heteroatoms. The van der Waals surface area contributed by atoms with E-state index in [1.807, 2.05) is 6.92 Å². The first-order valence-electron chi connectivity index (χ1n) is 9.44. The Labute approximate surface area is 163 Å². The van der Waals surface area contributed by atoms with Crippen molar-refractivity contribution < 1.29 is 19.8 Å². The van der Waals surface area contributed by atoms with Crippen LogP contribution < -0.4 is 10.2 Å². The molecule has 0 amide bonds. The summed E-state index contributed by atoms with van der Waals surface area (Å²) in [5.74, 6) is -2.97. The summed E-state index contributed by atoms with van der Waals surface area (Å²) in [5.41, 5.74) is -1.80. The van der Waals surface area contributed by atoms with Gasteiger partial charge in [0.15, 0.2) is 0 Å². The molecular weight excluding hydrogens is 317 g/mol. The SMILES string of the molecule is CCCCCCCCCCCCC(CCCC)(C(=O)[O-])C(=O)[O-].[Mg+2]. The fraction of sp³-hybridized carbons (Fsp3) is 0.895.